The van der Waals surface area contributed by atoms with Crippen LogP contribution >= 0.6 is 0 Å². The highest BCUT2D eigenvalue weighted by molar-refractivity contribution is 4.76. The minimum atomic E-state index is -0.410. The molecule has 0 aliphatic heterocycles. The lowest BCUT2D eigenvalue weighted by Crippen LogP contribution is -2.47. The zero-order valence-electron chi connectivity index (χ0n) is 65.7. The third kappa shape index (κ3) is 74.6. The number of unbranched alkanes of at least 4 members (excludes halogenated alkanes) is 55. The molecule has 0 aromatic rings. The number of nitrogens with zero attached hydrogens (tertiary/aromatic N) is 3. The summed E-state index contributed by atoms with van der Waals surface area (Å²) in [6, 6.07) is 0. The van der Waals surface area contributed by atoms with Crippen LogP contribution in [0.25, 0.3) is 0 Å². The second-order valence-corrected chi connectivity index (χ2v) is 31.2. The Labute approximate surface area is 597 Å². The molecule has 9 nitrogen and oxygen atoms in total. The standard InChI is InChI=1S/C86H178N4O5/c1-6-11-16-21-26-31-36-41-46-51-56-61-66-82(91)77-87-71-72-88(73-75-89(78-83(92)67-62-57-52-47-42-37-32-27-22-17-12-7-2)79-84(93)68-63-58-53-48-43-38-33-28-23-18-13-8-3)74-76-90(80-85(94)69-64-59-54-49-44-39-34-29-24-19-14-9-4)81-86(95)70-65-60-55-50-45-40-35-30-25-20-15-10-5/h82-87,91-95H,6-81H2,1-5H3. The van der Waals surface area contributed by atoms with E-state index in [1.807, 2.05) is 0 Å². The molecule has 0 rings (SSSR count). The van der Waals surface area contributed by atoms with Crippen LogP contribution in [0.1, 0.15) is 452 Å². The van der Waals surface area contributed by atoms with E-state index in [1.165, 1.54) is 353 Å². The van der Waals surface area contributed by atoms with Gasteiger partial charge < -0.3 is 30.8 Å². The van der Waals surface area contributed by atoms with Gasteiger partial charge in [-0.25, -0.2) is 0 Å². The normalized spacial score (nSPS) is 13.7. The van der Waals surface area contributed by atoms with Crippen LogP contribution in [0.4, 0.5) is 0 Å². The highest BCUT2D eigenvalue weighted by Crippen LogP contribution is 2.20. The summed E-state index contributed by atoms with van der Waals surface area (Å²) in [6.07, 6.45) is 81.1. The van der Waals surface area contributed by atoms with Crippen molar-refractivity contribution in [3.05, 3.63) is 0 Å². The second-order valence-electron chi connectivity index (χ2n) is 31.2. The minimum absolute atomic E-state index is 0.339. The maximum atomic E-state index is 11.7. The maximum absolute atomic E-state index is 11.7. The van der Waals surface area contributed by atoms with Gasteiger partial charge in [0.15, 0.2) is 0 Å². The van der Waals surface area contributed by atoms with Crippen LogP contribution in [0.3, 0.4) is 0 Å². The lowest BCUT2D eigenvalue weighted by atomic mass is 10.0. The van der Waals surface area contributed by atoms with Crippen LogP contribution in [0.5, 0.6) is 0 Å². The zero-order chi connectivity index (χ0) is 69.1. The van der Waals surface area contributed by atoms with Gasteiger partial charge in [0, 0.05) is 72.0 Å². The first kappa shape index (κ1) is 94.6. The van der Waals surface area contributed by atoms with E-state index in [4.69, 9.17) is 0 Å². The van der Waals surface area contributed by atoms with Gasteiger partial charge in [-0.3, -0.25) is 14.7 Å². The Morgan fingerprint density at radius 3 is 0.537 bits per heavy atom. The summed E-state index contributed by atoms with van der Waals surface area (Å²) in [5.74, 6) is 0. The predicted octanol–water partition coefficient (Wildman–Crippen LogP) is 23.7. The SMILES string of the molecule is CCCCCCCCCCCCCCC(O)CNCCN(CCN(CC(O)CCCCCCCCCCCCCC)CC(O)CCCCCCCCCCCCCC)CCN(CC(O)CCCCCCCCCCCCCC)CC(O)CCCCCCCCCCCCCC. The smallest absolute Gasteiger partial charge is 0.0667 e. The molecule has 0 bridgehead atoms. The van der Waals surface area contributed by atoms with E-state index in [-0.39, 0.29) is 6.10 Å². The minimum Gasteiger partial charge on any atom is -0.392 e. The lowest BCUT2D eigenvalue weighted by Gasteiger charge is -2.33. The van der Waals surface area contributed by atoms with Crippen molar-refractivity contribution in [2.24, 2.45) is 0 Å². The van der Waals surface area contributed by atoms with Gasteiger partial charge >= 0.3 is 0 Å². The summed E-state index contributed by atoms with van der Waals surface area (Å²) in [5.41, 5.74) is 0. The predicted molar refractivity (Wildman–Crippen MR) is 421 cm³/mol. The van der Waals surface area contributed by atoms with Crippen LogP contribution in [-0.2, 0) is 0 Å². The van der Waals surface area contributed by atoms with E-state index in [2.05, 4.69) is 54.6 Å². The molecular weight excluding hydrogens is 1170 g/mol. The quantitative estimate of drug-likeness (QED) is 0.0331. The molecule has 572 valence electrons. The Balaban J connectivity index is 6.06. The van der Waals surface area contributed by atoms with Crippen molar-refractivity contribution in [1.29, 1.82) is 0 Å². The molecule has 0 aliphatic carbocycles. The molecule has 0 fully saturated rings. The fraction of sp³-hybridized carbons (Fsp3) is 1.00. The van der Waals surface area contributed by atoms with Crippen LogP contribution < -0.4 is 5.32 Å². The van der Waals surface area contributed by atoms with Crippen LogP contribution in [0.2, 0.25) is 0 Å². The Kier molecular flexibility index (Phi) is 79.0. The molecule has 0 saturated heterocycles. The molecule has 0 amide bonds. The van der Waals surface area contributed by atoms with Crippen molar-refractivity contribution in [3.63, 3.8) is 0 Å². The van der Waals surface area contributed by atoms with Crippen LogP contribution in [-0.4, -0.2) is 143 Å². The van der Waals surface area contributed by atoms with Crippen molar-refractivity contribution >= 4 is 0 Å². The van der Waals surface area contributed by atoms with Crippen LogP contribution in [0, 0.1) is 0 Å². The van der Waals surface area contributed by atoms with Gasteiger partial charge in [-0.1, -0.05) is 420 Å². The molecule has 0 saturated carbocycles. The first-order chi connectivity index (χ1) is 46.7. The zero-order valence-corrected chi connectivity index (χ0v) is 65.7. The molecule has 0 aromatic carbocycles. The molecule has 0 aliphatic rings. The molecule has 0 aromatic heterocycles. The van der Waals surface area contributed by atoms with Gasteiger partial charge in [0.05, 0.1) is 30.5 Å². The number of hydrogen-bond donors (Lipinski definition) is 6. The maximum Gasteiger partial charge on any atom is 0.0667 e. The third-order valence-corrected chi connectivity index (χ3v) is 21.3. The van der Waals surface area contributed by atoms with E-state index in [0.717, 1.165) is 103 Å². The van der Waals surface area contributed by atoms with Gasteiger partial charge in [0.2, 0.25) is 0 Å². The monoisotopic (exact) mass is 1350 g/mol. The molecule has 0 spiro atoms. The fourth-order valence-corrected chi connectivity index (χ4v) is 14.7. The molecule has 6 N–H and O–H groups in total. The van der Waals surface area contributed by atoms with Gasteiger partial charge in [-0.2, -0.15) is 0 Å². The average Bonchev–Trinajstić information content (AvgIpc) is 2.13. The summed E-state index contributed by atoms with van der Waals surface area (Å²) in [5, 5.41) is 61.6. The highest BCUT2D eigenvalue weighted by Gasteiger charge is 2.21. The van der Waals surface area contributed by atoms with E-state index < -0.39 is 24.4 Å². The summed E-state index contributed by atoms with van der Waals surface area (Å²) >= 11 is 0. The van der Waals surface area contributed by atoms with Crippen molar-refractivity contribution in [2.75, 3.05) is 72.0 Å². The van der Waals surface area contributed by atoms with E-state index in [1.54, 1.807) is 0 Å². The largest absolute Gasteiger partial charge is 0.392 e. The molecule has 9 heteroatoms. The Bertz CT molecular complexity index is 1240. The Hall–Kier alpha value is -0.360. The van der Waals surface area contributed by atoms with E-state index >= 15 is 0 Å². The number of aliphatic hydroxyl groups is 5. The third-order valence-electron chi connectivity index (χ3n) is 21.3. The molecule has 5 unspecified atom stereocenters. The van der Waals surface area contributed by atoms with Crippen molar-refractivity contribution in [2.45, 2.75) is 482 Å². The lowest BCUT2D eigenvalue weighted by molar-refractivity contribution is 0.0466. The molecular formula is C86H178N4O5. The van der Waals surface area contributed by atoms with Crippen molar-refractivity contribution < 1.29 is 25.5 Å². The number of nitrogens with one attached hydrogen (secondary N) is 1. The summed E-state index contributed by atoms with van der Waals surface area (Å²) in [4.78, 5) is 7.31. The van der Waals surface area contributed by atoms with Crippen LogP contribution in [0.15, 0.2) is 0 Å². The van der Waals surface area contributed by atoms with E-state index in [9.17, 15) is 25.5 Å². The average molecular weight is 1350 g/mol. The Morgan fingerprint density at radius 2 is 0.347 bits per heavy atom. The van der Waals surface area contributed by atoms with E-state index in [0.29, 0.717) is 32.7 Å². The van der Waals surface area contributed by atoms with Gasteiger partial charge in [0.1, 0.15) is 0 Å². The van der Waals surface area contributed by atoms with Gasteiger partial charge in [-0.05, 0) is 32.1 Å². The summed E-state index contributed by atoms with van der Waals surface area (Å²) < 4.78 is 0. The first-order valence-corrected chi connectivity index (χ1v) is 44.0. The van der Waals surface area contributed by atoms with Gasteiger partial charge in [0.25, 0.3) is 0 Å². The summed E-state index contributed by atoms with van der Waals surface area (Å²) in [7, 11) is 0. The topological polar surface area (TPSA) is 123 Å². The molecule has 0 heterocycles. The molecule has 0 radical (unpaired) electrons. The van der Waals surface area contributed by atoms with Gasteiger partial charge in [-0.15, -0.1) is 0 Å². The molecule has 5 atom stereocenters. The second kappa shape index (κ2) is 79.3. The number of hydrogen-bond acceptors (Lipinski definition) is 9. The molecule has 95 heavy (non-hydrogen) atoms. The number of rotatable bonds is 84. The van der Waals surface area contributed by atoms with Crippen molar-refractivity contribution in [3.8, 4) is 0 Å². The highest BCUT2D eigenvalue weighted by atomic mass is 16.3. The number of aliphatic hydroxyl groups excluding tert-OH is 5. The summed E-state index contributed by atoms with van der Waals surface area (Å²) in [6.45, 7) is 19.2. The Morgan fingerprint density at radius 1 is 0.189 bits per heavy atom. The van der Waals surface area contributed by atoms with Crippen molar-refractivity contribution in [1.82, 2.24) is 20.0 Å². The first-order valence-electron chi connectivity index (χ1n) is 44.0. The fourth-order valence-electron chi connectivity index (χ4n) is 14.7.